The Kier molecular flexibility index (Phi) is 4.66. The van der Waals surface area contributed by atoms with Gasteiger partial charge in [0.05, 0.1) is 4.90 Å². The van der Waals surface area contributed by atoms with Crippen LogP contribution in [0.25, 0.3) is 0 Å². The molecule has 0 spiro atoms. The van der Waals surface area contributed by atoms with Gasteiger partial charge in [-0.15, -0.1) is 11.3 Å². The third-order valence-electron chi connectivity index (χ3n) is 3.74. The minimum absolute atomic E-state index is 0.162. The zero-order valence-corrected chi connectivity index (χ0v) is 13.2. The Morgan fingerprint density at radius 2 is 2.16 bits per heavy atom. The lowest BCUT2D eigenvalue weighted by Crippen LogP contribution is -2.39. The smallest absolute Gasteiger partial charge is 0.241 e. The van der Waals surface area contributed by atoms with Gasteiger partial charge in [-0.25, -0.2) is 13.1 Å². The van der Waals surface area contributed by atoms with E-state index in [2.05, 4.69) is 17.0 Å². The summed E-state index contributed by atoms with van der Waals surface area (Å²) in [4.78, 5) is 1.45. The summed E-state index contributed by atoms with van der Waals surface area (Å²) >= 11 is 1.49. The molecule has 0 aromatic carbocycles. The van der Waals surface area contributed by atoms with Crippen LogP contribution in [0.4, 0.5) is 0 Å². The van der Waals surface area contributed by atoms with Gasteiger partial charge in [0.15, 0.2) is 0 Å². The Morgan fingerprint density at radius 3 is 2.74 bits per heavy atom. The molecule has 1 aliphatic rings. The normalized spacial score (nSPS) is 18.2. The highest BCUT2D eigenvalue weighted by Gasteiger charge is 2.33. The van der Waals surface area contributed by atoms with Crippen molar-refractivity contribution in [1.29, 1.82) is 0 Å². The van der Waals surface area contributed by atoms with Crippen molar-refractivity contribution in [3.8, 4) is 0 Å². The van der Waals surface area contributed by atoms with E-state index in [-0.39, 0.29) is 5.41 Å². The molecule has 0 unspecified atom stereocenters. The lowest BCUT2D eigenvalue weighted by atomic mass is 9.71. The minimum Gasteiger partial charge on any atom is -0.312 e. The quantitative estimate of drug-likeness (QED) is 0.813. The van der Waals surface area contributed by atoms with Gasteiger partial charge in [-0.1, -0.05) is 20.3 Å². The first-order valence-corrected chi connectivity index (χ1v) is 9.09. The van der Waals surface area contributed by atoms with E-state index in [0.717, 1.165) is 30.8 Å². The Labute approximate surface area is 119 Å². The van der Waals surface area contributed by atoms with Crippen LogP contribution in [0, 0.1) is 5.41 Å². The van der Waals surface area contributed by atoms with Gasteiger partial charge in [0.25, 0.3) is 0 Å². The van der Waals surface area contributed by atoms with Gasteiger partial charge in [-0.3, -0.25) is 0 Å². The van der Waals surface area contributed by atoms with Crippen molar-refractivity contribution in [2.45, 2.75) is 44.6 Å². The van der Waals surface area contributed by atoms with Crippen LogP contribution in [-0.4, -0.2) is 21.5 Å². The van der Waals surface area contributed by atoms with Crippen LogP contribution >= 0.6 is 11.3 Å². The van der Waals surface area contributed by atoms with Crippen LogP contribution in [0.5, 0.6) is 0 Å². The molecule has 6 heteroatoms. The van der Waals surface area contributed by atoms with E-state index in [1.165, 1.54) is 17.8 Å². The van der Waals surface area contributed by atoms with E-state index < -0.39 is 10.0 Å². The van der Waals surface area contributed by atoms with Crippen LogP contribution in [0.3, 0.4) is 0 Å². The second kappa shape index (κ2) is 5.91. The Morgan fingerprint density at radius 1 is 1.42 bits per heavy atom. The molecule has 1 fully saturated rings. The molecule has 0 aliphatic heterocycles. The summed E-state index contributed by atoms with van der Waals surface area (Å²) in [5.74, 6) is 0. The number of hydrogen-bond acceptors (Lipinski definition) is 4. The molecule has 1 aromatic rings. The lowest BCUT2D eigenvalue weighted by molar-refractivity contribution is 0.166. The van der Waals surface area contributed by atoms with Gasteiger partial charge in [0.2, 0.25) is 10.0 Å². The fourth-order valence-corrected chi connectivity index (χ4v) is 4.60. The standard InChI is InChI=1S/C13H22N2O2S2/c1-3-14-8-11-7-12(9-18-11)19(16,17)15-10-13(2)5-4-6-13/h7,9,14-15H,3-6,8,10H2,1-2H3. The predicted molar refractivity (Wildman–Crippen MR) is 78.8 cm³/mol. The molecule has 0 saturated heterocycles. The molecule has 2 N–H and O–H groups in total. The zero-order valence-electron chi connectivity index (χ0n) is 11.5. The summed E-state index contributed by atoms with van der Waals surface area (Å²) < 4.78 is 27.1. The SMILES string of the molecule is CCNCc1cc(S(=O)(=O)NCC2(C)CCC2)cs1. The molecule has 1 aromatic heterocycles. The minimum atomic E-state index is -3.34. The van der Waals surface area contributed by atoms with E-state index >= 15 is 0 Å². The molecule has 0 amide bonds. The van der Waals surface area contributed by atoms with Crippen molar-refractivity contribution in [1.82, 2.24) is 10.0 Å². The van der Waals surface area contributed by atoms with Crippen LogP contribution in [0.15, 0.2) is 16.3 Å². The van der Waals surface area contributed by atoms with E-state index in [4.69, 9.17) is 0 Å². The first kappa shape index (κ1) is 15.0. The first-order chi connectivity index (χ1) is 8.95. The van der Waals surface area contributed by atoms with Crippen LogP contribution in [0.1, 0.15) is 38.0 Å². The van der Waals surface area contributed by atoms with Gasteiger partial charge in [0, 0.05) is 23.3 Å². The topological polar surface area (TPSA) is 58.2 Å². The summed E-state index contributed by atoms with van der Waals surface area (Å²) in [7, 11) is -3.34. The molecule has 1 aliphatic carbocycles. The lowest BCUT2D eigenvalue weighted by Gasteiger charge is -2.38. The number of rotatable bonds is 7. The molecular formula is C13H22N2O2S2. The highest BCUT2D eigenvalue weighted by Crippen LogP contribution is 2.39. The van der Waals surface area contributed by atoms with Gasteiger partial charge in [-0.2, -0.15) is 0 Å². The molecule has 1 saturated carbocycles. The van der Waals surface area contributed by atoms with Crippen molar-refractivity contribution >= 4 is 21.4 Å². The third-order valence-corrected chi connectivity index (χ3v) is 6.21. The molecule has 2 rings (SSSR count). The van der Waals surface area contributed by atoms with E-state index in [0.29, 0.717) is 11.4 Å². The Bertz CT molecular complexity index is 519. The Hall–Kier alpha value is -0.430. The molecule has 4 nitrogen and oxygen atoms in total. The maximum absolute atomic E-state index is 12.2. The number of hydrogen-bond donors (Lipinski definition) is 2. The number of thiophene rings is 1. The third kappa shape index (κ3) is 3.78. The molecule has 19 heavy (non-hydrogen) atoms. The highest BCUT2D eigenvalue weighted by molar-refractivity contribution is 7.89. The largest absolute Gasteiger partial charge is 0.312 e. The average molecular weight is 302 g/mol. The maximum Gasteiger partial charge on any atom is 0.241 e. The molecule has 0 radical (unpaired) electrons. The van der Waals surface area contributed by atoms with Gasteiger partial charge in [-0.05, 0) is 30.9 Å². The summed E-state index contributed by atoms with van der Waals surface area (Å²) in [5, 5.41) is 4.92. The monoisotopic (exact) mass is 302 g/mol. The van der Waals surface area contributed by atoms with Gasteiger partial charge in [0.1, 0.15) is 0 Å². The molecule has 108 valence electrons. The van der Waals surface area contributed by atoms with Crippen molar-refractivity contribution in [3.05, 3.63) is 16.3 Å². The van der Waals surface area contributed by atoms with Crippen molar-refractivity contribution < 1.29 is 8.42 Å². The average Bonchev–Trinajstić information content (AvgIpc) is 2.81. The highest BCUT2D eigenvalue weighted by atomic mass is 32.2. The fourth-order valence-electron chi connectivity index (χ4n) is 2.15. The van der Waals surface area contributed by atoms with Crippen LogP contribution in [0.2, 0.25) is 0 Å². The second-order valence-electron chi connectivity index (χ2n) is 5.52. The van der Waals surface area contributed by atoms with Gasteiger partial charge < -0.3 is 5.32 Å². The van der Waals surface area contributed by atoms with Crippen molar-refractivity contribution in [2.24, 2.45) is 5.41 Å². The molecular weight excluding hydrogens is 280 g/mol. The summed E-state index contributed by atoms with van der Waals surface area (Å²) in [6.45, 7) is 6.34. The molecule has 1 heterocycles. The van der Waals surface area contributed by atoms with Crippen molar-refractivity contribution in [2.75, 3.05) is 13.1 Å². The van der Waals surface area contributed by atoms with Gasteiger partial charge >= 0.3 is 0 Å². The fraction of sp³-hybridized carbons (Fsp3) is 0.692. The predicted octanol–water partition coefficient (Wildman–Crippen LogP) is 2.33. The molecule has 0 atom stereocenters. The summed E-state index contributed by atoms with van der Waals surface area (Å²) in [5.41, 5.74) is 0.162. The zero-order chi connectivity index (χ0) is 13.9. The van der Waals surface area contributed by atoms with E-state index in [1.54, 1.807) is 11.4 Å². The molecule has 0 bridgehead atoms. The second-order valence-corrected chi connectivity index (χ2v) is 8.28. The van der Waals surface area contributed by atoms with Crippen LogP contribution in [-0.2, 0) is 16.6 Å². The van der Waals surface area contributed by atoms with Crippen molar-refractivity contribution in [3.63, 3.8) is 0 Å². The number of sulfonamides is 1. The summed E-state index contributed by atoms with van der Waals surface area (Å²) in [6.07, 6.45) is 3.44. The van der Waals surface area contributed by atoms with E-state index in [1.807, 2.05) is 6.92 Å². The maximum atomic E-state index is 12.2. The Balaban J connectivity index is 1.96. The van der Waals surface area contributed by atoms with E-state index in [9.17, 15) is 8.42 Å². The summed E-state index contributed by atoms with van der Waals surface area (Å²) in [6, 6.07) is 1.76. The van der Waals surface area contributed by atoms with Crippen LogP contribution < -0.4 is 10.0 Å². The first-order valence-electron chi connectivity index (χ1n) is 6.73. The number of nitrogens with one attached hydrogen (secondary N) is 2.